The van der Waals surface area contributed by atoms with Crippen LogP contribution < -0.4 is 10.6 Å². The number of benzene rings is 2. The zero-order valence-corrected chi connectivity index (χ0v) is 16.7. The van der Waals surface area contributed by atoms with Gasteiger partial charge in [0.2, 0.25) is 5.91 Å². The van der Waals surface area contributed by atoms with Gasteiger partial charge >= 0.3 is 12.4 Å². The number of carbonyl (C=O) groups is 1. The Morgan fingerprint density at radius 2 is 1.52 bits per heavy atom. The van der Waals surface area contributed by atoms with Gasteiger partial charge in [-0.25, -0.2) is 0 Å². The van der Waals surface area contributed by atoms with Crippen LogP contribution in [0.1, 0.15) is 28.3 Å². The fourth-order valence-electron chi connectivity index (χ4n) is 3.24. The highest BCUT2D eigenvalue weighted by atomic mass is 35.5. The van der Waals surface area contributed by atoms with E-state index in [0.717, 1.165) is 5.56 Å². The first-order valence-electron chi connectivity index (χ1n) is 8.98. The highest BCUT2D eigenvalue weighted by Gasteiger charge is 2.37. The minimum Gasteiger partial charge on any atom is -0.375 e. The van der Waals surface area contributed by atoms with Gasteiger partial charge in [0.05, 0.1) is 43.0 Å². The molecule has 170 valence electrons. The second-order valence-electron chi connectivity index (χ2n) is 6.87. The molecule has 4 nitrogen and oxygen atoms in total. The molecular weight excluding hydrogens is 450 g/mol. The lowest BCUT2D eigenvalue weighted by Gasteiger charge is -2.33. The summed E-state index contributed by atoms with van der Waals surface area (Å²) in [6.07, 6.45) is -9.84. The van der Waals surface area contributed by atoms with E-state index in [1.54, 1.807) is 0 Å². The average Bonchev–Trinajstić information content (AvgIpc) is 2.67. The first-order chi connectivity index (χ1) is 14.0. The predicted octanol–water partition coefficient (Wildman–Crippen LogP) is 4.49. The van der Waals surface area contributed by atoms with E-state index < -0.39 is 36.1 Å². The van der Waals surface area contributed by atoms with Gasteiger partial charge in [0.25, 0.3) is 0 Å². The maximum absolute atomic E-state index is 13.0. The topological polar surface area (TPSA) is 50.4 Å². The lowest BCUT2D eigenvalue weighted by atomic mass is 9.98. The molecule has 1 saturated heterocycles. The SMILES string of the molecule is Cl.O=C1CN[C@H](c2ccccc2)[C@H](COCc2cc(C(F)(F)F)cc(C(F)(F)F)c2)N1. The molecule has 11 heteroatoms. The molecule has 1 aliphatic heterocycles. The van der Waals surface area contributed by atoms with Crippen LogP contribution in [-0.4, -0.2) is 25.1 Å². The number of rotatable bonds is 5. The monoisotopic (exact) mass is 468 g/mol. The molecule has 3 rings (SSSR count). The van der Waals surface area contributed by atoms with E-state index in [4.69, 9.17) is 4.74 Å². The lowest BCUT2D eigenvalue weighted by Crippen LogP contribution is -2.55. The third-order valence-electron chi connectivity index (χ3n) is 4.60. The average molecular weight is 469 g/mol. The Hall–Kier alpha value is -2.30. The number of halogens is 7. The zero-order chi connectivity index (χ0) is 21.9. The molecule has 0 aliphatic carbocycles. The summed E-state index contributed by atoms with van der Waals surface area (Å²) in [7, 11) is 0. The maximum atomic E-state index is 13.0. The Morgan fingerprint density at radius 3 is 2.06 bits per heavy atom. The summed E-state index contributed by atoms with van der Waals surface area (Å²) in [5.41, 5.74) is -2.19. The third kappa shape index (κ3) is 6.59. The Balaban J connectivity index is 0.00000341. The molecule has 1 aliphatic rings. The Labute approximate surface area is 180 Å². The Morgan fingerprint density at radius 1 is 0.935 bits per heavy atom. The standard InChI is InChI=1S/C20H18F6N2O2.ClH/c21-19(22,23)14-6-12(7-15(8-14)20(24,25)26)10-30-11-16-18(27-9-17(29)28-16)13-4-2-1-3-5-13;/h1-8,16,18,27H,9-11H2,(H,28,29);1H/t16-,18+;/m0./s1. The van der Waals surface area contributed by atoms with E-state index in [1.165, 1.54) is 0 Å². The molecule has 1 fully saturated rings. The fraction of sp³-hybridized carbons (Fsp3) is 0.350. The van der Waals surface area contributed by atoms with Gasteiger partial charge in [0.15, 0.2) is 0 Å². The van der Waals surface area contributed by atoms with Crippen LogP contribution >= 0.6 is 12.4 Å². The number of hydrogen-bond acceptors (Lipinski definition) is 3. The Kier molecular flexibility index (Phi) is 7.96. The number of nitrogens with one attached hydrogen (secondary N) is 2. The van der Waals surface area contributed by atoms with Crippen molar-refractivity contribution in [1.29, 1.82) is 0 Å². The van der Waals surface area contributed by atoms with E-state index in [9.17, 15) is 31.1 Å². The summed E-state index contributed by atoms with van der Waals surface area (Å²) < 4.78 is 83.2. The van der Waals surface area contributed by atoms with Crippen LogP contribution in [0.5, 0.6) is 0 Å². The van der Waals surface area contributed by atoms with Gasteiger partial charge in [-0.2, -0.15) is 26.3 Å². The van der Waals surface area contributed by atoms with Gasteiger partial charge in [-0.15, -0.1) is 12.4 Å². The minimum absolute atomic E-state index is 0. The van der Waals surface area contributed by atoms with Gasteiger partial charge in [-0.05, 0) is 29.3 Å². The van der Waals surface area contributed by atoms with Gasteiger partial charge < -0.3 is 10.1 Å². The molecule has 0 spiro atoms. The van der Waals surface area contributed by atoms with Crippen molar-refractivity contribution < 1.29 is 35.9 Å². The summed E-state index contributed by atoms with van der Waals surface area (Å²) in [6, 6.07) is 9.60. The second kappa shape index (κ2) is 9.88. The van der Waals surface area contributed by atoms with E-state index in [2.05, 4.69) is 10.6 Å². The van der Waals surface area contributed by atoms with Crippen molar-refractivity contribution in [3.63, 3.8) is 0 Å². The largest absolute Gasteiger partial charge is 0.416 e. The number of hydrogen-bond donors (Lipinski definition) is 2. The minimum atomic E-state index is -4.92. The first kappa shape index (κ1) is 25.0. The normalized spacial score (nSPS) is 19.5. The van der Waals surface area contributed by atoms with E-state index in [1.807, 2.05) is 30.3 Å². The molecule has 1 amide bonds. The quantitative estimate of drug-likeness (QED) is 0.636. The van der Waals surface area contributed by atoms with Crippen molar-refractivity contribution in [2.75, 3.05) is 13.2 Å². The van der Waals surface area contributed by atoms with Crippen LogP contribution in [0.3, 0.4) is 0 Å². The first-order valence-corrected chi connectivity index (χ1v) is 8.98. The summed E-state index contributed by atoms with van der Waals surface area (Å²) in [6.45, 7) is -0.491. The summed E-state index contributed by atoms with van der Waals surface area (Å²) in [5.74, 6) is -0.283. The van der Waals surface area contributed by atoms with Crippen LogP contribution in [0.15, 0.2) is 48.5 Å². The number of carbonyl (C=O) groups excluding carboxylic acids is 1. The van der Waals surface area contributed by atoms with Crippen LogP contribution in [0.4, 0.5) is 26.3 Å². The van der Waals surface area contributed by atoms with Crippen molar-refractivity contribution >= 4 is 18.3 Å². The van der Waals surface area contributed by atoms with Crippen molar-refractivity contribution in [3.05, 3.63) is 70.8 Å². The highest BCUT2D eigenvalue weighted by Crippen LogP contribution is 2.36. The molecule has 1 heterocycles. The fourth-order valence-corrected chi connectivity index (χ4v) is 3.24. The van der Waals surface area contributed by atoms with Gasteiger partial charge in [0, 0.05) is 0 Å². The molecule has 0 bridgehead atoms. The number of amides is 1. The molecule has 2 aromatic rings. The second-order valence-corrected chi connectivity index (χ2v) is 6.87. The van der Waals surface area contributed by atoms with Gasteiger partial charge in [-0.1, -0.05) is 30.3 Å². The smallest absolute Gasteiger partial charge is 0.375 e. The molecule has 2 aromatic carbocycles. The summed E-state index contributed by atoms with van der Waals surface area (Å²) >= 11 is 0. The third-order valence-corrected chi connectivity index (χ3v) is 4.60. The van der Waals surface area contributed by atoms with Crippen LogP contribution in [0, 0.1) is 0 Å². The van der Waals surface area contributed by atoms with Crippen molar-refractivity contribution in [1.82, 2.24) is 10.6 Å². The van der Waals surface area contributed by atoms with Gasteiger partial charge in [-0.3, -0.25) is 10.1 Å². The molecular formula is C20H19ClF6N2O2. The maximum Gasteiger partial charge on any atom is 0.416 e. The molecule has 0 unspecified atom stereocenters. The molecule has 0 saturated carbocycles. The zero-order valence-electron chi connectivity index (χ0n) is 15.9. The predicted molar refractivity (Wildman–Crippen MR) is 102 cm³/mol. The summed E-state index contributed by atoms with van der Waals surface area (Å²) in [5, 5.41) is 5.79. The van der Waals surface area contributed by atoms with E-state index in [-0.39, 0.29) is 49.1 Å². The molecule has 0 radical (unpaired) electrons. The van der Waals surface area contributed by atoms with Crippen LogP contribution in [-0.2, 0) is 28.5 Å². The van der Waals surface area contributed by atoms with E-state index in [0.29, 0.717) is 12.1 Å². The number of ether oxygens (including phenoxy) is 1. The summed E-state index contributed by atoms with van der Waals surface area (Å²) in [4.78, 5) is 11.7. The molecule has 2 N–H and O–H groups in total. The van der Waals surface area contributed by atoms with Gasteiger partial charge in [0.1, 0.15) is 0 Å². The molecule has 0 aromatic heterocycles. The molecule has 31 heavy (non-hydrogen) atoms. The van der Waals surface area contributed by atoms with Crippen LogP contribution in [0.2, 0.25) is 0 Å². The number of alkyl halides is 6. The van der Waals surface area contributed by atoms with E-state index >= 15 is 0 Å². The molecule has 2 atom stereocenters. The van der Waals surface area contributed by atoms with Crippen molar-refractivity contribution in [3.8, 4) is 0 Å². The Bertz CT molecular complexity index is 857. The number of piperazine rings is 1. The van der Waals surface area contributed by atoms with Crippen molar-refractivity contribution in [2.45, 2.75) is 31.0 Å². The highest BCUT2D eigenvalue weighted by molar-refractivity contribution is 5.85. The lowest BCUT2D eigenvalue weighted by molar-refractivity contribution is -0.143. The van der Waals surface area contributed by atoms with Crippen molar-refractivity contribution in [2.24, 2.45) is 0 Å². The van der Waals surface area contributed by atoms with Crippen LogP contribution in [0.25, 0.3) is 0 Å².